The molecule has 0 saturated carbocycles. The lowest BCUT2D eigenvalue weighted by Crippen LogP contribution is -2.12. The number of carbonyl (C=O) groups excluding carboxylic acids is 2. The second-order valence-corrected chi connectivity index (χ2v) is 5.60. The summed E-state index contributed by atoms with van der Waals surface area (Å²) in [4.78, 5) is 24.2. The summed E-state index contributed by atoms with van der Waals surface area (Å²) in [6, 6.07) is 22.8. The number of aryl methyl sites for hydroxylation is 1. The Kier molecular flexibility index (Phi) is 4.90. The number of anilines is 1. The van der Waals surface area contributed by atoms with Crippen LogP contribution < -0.4 is 10.1 Å². The molecule has 0 spiro atoms. The number of amides is 1. The predicted octanol–water partition coefficient (Wildman–Crippen LogP) is 4.47. The van der Waals surface area contributed by atoms with Gasteiger partial charge in [-0.2, -0.15) is 0 Å². The lowest BCUT2D eigenvalue weighted by molar-refractivity contribution is 0.0734. The van der Waals surface area contributed by atoms with E-state index in [1.54, 1.807) is 48.5 Å². The van der Waals surface area contributed by atoms with Crippen molar-refractivity contribution in [2.45, 2.75) is 6.92 Å². The summed E-state index contributed by atoms with van der Waals surface area (Å²) in [5.74, 6) is -0.261. The van der Waals surface area contributed by atoms with Crippen LogP contribution in [0, 0.1) is 6.92 Å². The second-order valence-electron chi connectivity index (χ2n) is 5.60. The summed E-state index contributed by atoms with van der Waals surface area (Å²) in [7, 11) is 0. The van der Waals surface area contributed by atoms with Gasteiger partial charge in [-0.3, -0.25) is 4.79 Å². The summed E-state index contributed by atoms with van der Waals surface area (Å²) < 4.78 is 5.30. The van der Waals surface area contributed by atoms with Crippen molar-refractivity contribution in [2.75, 3.05) is 5.32 Å². The van der Waals surface area contributed by atoms with Gasteiger partial charge in [-0.25, -0.2) is 4.79 Å². The Labute approximate surface area is 146 Å². The van der Waals surface area contributed by atoms with Gasteiger partial charge in [0.05, 0.1) is 5.56 Å². The molecule has 0 aliphatic rings. The van der Waals surface area contributed by atoms with Crippen LogP contribution in [0.3, 0.4) is 0 Å². The smallest absolute Gasteiger partial charge is 0.343 e. The molecule has 3 aromatic rings. The Morgan fingerprint density at radius 2 is 1.40 bits per heavy atom. The molecule has 4 heteroatoms. The van der Waals surface area contributed by atoms with E-state index in [1.165, 1.54) is 0 Å². The first-order valence-electron chi connectivity index (χ1n) is 7.87. The topological polar surface area (TPSA) is 55.4 Å². The first-order chi connectivity index (χ1) is 12.1. The average molecular weight is 331 g/mol. The van der Waals surface area contributed by atoms with Gasteiger partial charge in [-0.15, -0.1) is 0 Å². The van der Waals surface area contributed by atoms with Gasteiger partial charge in [-0.05, 0) is 55.5 Å². The fourth-order valence-electron chi connectivity index (χ4n) is 2.25. The first kappa shape index (κ1) is 16.5. The quantitative estimate of drug-likeness (QED) is 0.567. The molecule has 0 radical (unpaired) electrons. The zero-order chi connectivity index (χ0) is 17.6. The van der Waals surface area contributed by atoms with Crippen molar-refractivity contribution in [3.63, 3.8) is 0 Å². The van der Waals surface area contributed by atoms with E-state index >= 15 is 0 Å². The average Bonchev–Trinajstić information content (AvgIpc) is 2.65. The predicted molar refractivity (Wildman–Crippen MR) is 97.0 cm³/mol. The van der Waals surface area contributed by atoms with E-state index < -0.39 is 5.97 Å². The molecule has 0 heterocycles. The van der Waals surface area contributed by atoms with Crippen molar-refractivity contribution in [2.24, 2.45) is 0 Å². The van der Waals surface area contributed by atoms with E-state index in [9.17, 15) is 9.59 Å². The minimum Gasteiger partial charge on any atom is -0.423 e. The molecule has 0 aliphatic heterocycles. The Balaban J connectivity index is 1.64. The van der Waals surface area contributed by atoms with Gasteiger partial charge >= 0.3 is 5.97 Å². The van der Waals surface area contributed by atoms with Crippen LogP contribution in [0.5, 0.6) is 5.75 Å². The molecule has 3 rings (SSSR count). The molecule has 0 saturated heterocycles. The van der Waals surface area contributed by atoms with Gasteiger partial charge in [0.2, 0.25) is 0 Å². The summed E-state index contributed by atoms with van der Waals surface area (Å²) in [6.45, 7) is 1.99. The van der Waals surface area contributed by atoms with E-state index in [0.717, 1.165) is 11.3 Å². The zero-order valence-corrected chi connectivity index (χ0v) is 13.7. The molecular weight excluding hydrogens is 314 g/mol. The maximum Gasteiger partial charge on any atom is 0.343 e. The molecule has 0 aliphatic carbocycles. The van der Waals surface area contributed by atoms with Crippen molar-refractivity contribution in [3.8, 4) is 5.75 Å². The van der Waals surface area contributed by atoms with Crippen LogP contribution in [0.2, 0.25) is 0 Å². The fourth-order valence-corrected chi connectivity index (χ4v) is 2.25. The monoisotopic (exact) mass is 331 g/mol. The lowest BCUT2D eigenvalue weighted by Gasteiger charge is -2.07. The van der Waals surface area contributed by atoms with Gasteiger partial charge in [0.25, 0.3) is 5.91 Å². The summed E-state index contributed by atoms with van der Waals surface area (Å²) in [6.07, 6.45) is 0. The van der Waals surface area contributed by atoms with E-state index in [0.29, 0.717) is 16.9 Å². The number of carbonyl (C=O) groups is 2. The van der Waals surface area contributed by atoms with E-state index in [1.807, 2.05) is 37.3 Å². The minimum absolute atomic E-state index is 0.218. The normalized spacial score (nSPS) is 10.1. The van der Waals surface area contributed by atoms with Crippen molar-refractivity contribution < 1.29 is 14.3 Å². The highest BCUT2D eigenvalue weighted by molar-refractivity contribution is 6.04. The van der Waals surface area contributed by atoms with Crippen molar-refractivity contribution >= 4 is 17.6 Å². The fraction of sp³-hybridized carbons (Fsp3) is 0.0476. The maximum absolute atomic E-state index is 12.2. The van der Waals surface area contributed by atoms with Crippen molar-refractivity contribution in [1.82, 2.24) is 0 Å². The number of hydrogen-bond acceptors (Lipinski definition) is 3. The highest BCUT2D eigenvalue weighted by Gasteiger charge is 2.10. The molecule has 0 unspecified atom stereocenters. The molecule has 0 bridgehead atoms. The Bertz CT molecular complexity index is 869. The first-order valence-corrected chi connectivity index (χ1v) is 7.87. The molecule has 3 aromatic carbocycles. The minimum atomic E-state index is -0.433. The van der Waals surface area contributed by atoms with E-state index in [4.69, 9.17) is 4.74 Å². The Morgan fingerprint density at radius 3 is 2.04 bits per heavy atom. The van der Waals surface area contributed by atoms with E-state index in [2.05, 4.69) is 5.32 Å². The van der Waals surface area contributed by atoms with Crippen LogP contribution in [-0.2, 0) is 0 Å². The third kappa shape index (κ3) is 4.32. The highest BCUT2D eigenvalue weighted by Crippen LogP contribution is 2.16. The van der Waals surface area contributed by atoms with Crippen LogP contribution in [-0.4, -0.2) is 11.9 Å². The van der Waals surface area contributed by atoms with E-state index in [-0.39, 0.29) is 5.91 Å². The highest BCUT2D eigenvalue weighted by atomic mass is 16.5. The van der Waals surface area contributed by atoms with Crippen molar-refractivity contribution in [1.29, 1.82) is 0 Å². The lowest BCUT2D eigenvalue weighted by atomic mass is 10.2. The molecule has 124 valence electrons. The number of esters is 1. The third-order valence-electron chi connectivity index (χ3n) is 3.65. The molecule has 0 aromatic heterocycles. The second kappa shape index (κ2) is 7.45. The third-order valence-corrected chi connectivity index (χ3v) is 3.65. The SMILES string of the molecule is Cc1ccc(NC(=O)c2ccc(OC(=O)c3ccccc3)cc2)cc1. The van der Waals surface area contributed by atoms with Gasteiger partial charge in [0, 0.05) is 11.3 Å². The van der Waals surface area contributed by atoms with Crippen LogP contribution >= 0.6 is 0 Å². The summed E-state index contributed by atoms with van der Waals surface area (Å²) in [5.41, 5.74) is 2.82. The number of rotatable bonds is 4. The standard InChI is InChI=1S/C21H17NO3/c1-15-7-11-18(12-8-15)22-20(23)16-9-13-19(14-10-16)25-21(24)17-5-3-2-4-6-17/h2-14H,1H3,(H,22,23). The molecule has 0 fully saturated rings. The van der Waals surface area contributed by atoms with Crippen LogP contribution in [0.1, 0.15) is 26.3 Å². The van der Waals surface area contributed by atoms with Gasteiger partial charge < -0.3 is 10.1 Å². The molecule has 0 atom stereocenters. The number of hydrogen-bond donors (Lipinski definition) is 1. The van der Waals surface area contributed by atoms with Gasteiger partial charge in [-0.1, -0.05) is 35.9 Å². The molecular formula is C21H17NO3. The summed E-state index contributed by atoms with van der Waals surface area (Å²) in [5, 5.41) is 2.82. The Morgan fingerprint density at radius 1 is 0.760 bits per heavy atom. The molecule has 1 amide bonds. The molecule has 1 N–H and O–H groups in total. The van der Waals surface area contributed by atoms with Gasteiger partial charge in [0.15, 0.2) is 0 Å². The number of nitrogens with one attached hydrogen (secondary N) is 1. The molecule has 4 nitrogen and oxygen atoms in total. The summed E-state index contributed by atoms with van der Waals surface area (Å²) >= 11 is 0. The van der Waals surface area contributed by atoms with Gasteiger partial charge in [0.1, 0.15) is 5.75 Å². The number of benzene rings is 3. The maximum atomic E-state index is 12.2. The largest absolute Gasteiger partial charge is 0.423 e. The zero-order valence-electron chi connectivity index (χ0n) is 13.7. The van der Waals surface area contributed by atoms with Crippen LogP contribution in [0.15, 0.2) is 78.9 Å². The van der Waals surface area contributed by atoms with Crippen molar-refractivity contribution in [3.05, 3.63) is 95.6 Å². The number of ether oxygens (including phenoxy) is 1. The Hall–Kier alpha value is -3.40. The molecule has 25 heavy (non-hydrogen) atoms. The van der Waals surface area contributed by atoms with Crippen LogP contribution in [0.4, 0.5) is 5.69 Å². The van der Waals surface area contributed by atoms with Crippen LogP contribution in [0.25, 0.3) is 0 Å².